The Morgan fingerprint density at radius 2 is 1.34 bits per heavy atom. The molecule has 0 unspecified atom stereocenters. The summed E-state index contributed by atoms with van der Waals surface area (Å²) in [6, 6.07) is 16.6. The summed E-state index contributed by atoms with van der Waals surface area (Å²) in [4.78, 5) is 14.5. The SMILES string of the molecule is O=C(c1cc2c(cc1F)OC(c1ccc(Cl)cc1)(c1ccc(Cl)cc1)O2)N1CCOCC1. The summed E-state index contributed by atoms with van der Waals surface area (Å²) in [6.07, 6.45) is 0. The van der Waals surface area contributed by atoms with Crippen molar-refractivity contribution in [3.05, 3.63) is 93.2 Å². The number of benzene rings is 3. The number of ether oxygens (including phenoxy) is 3. The largest absolute Gasteiger partial charge is 0.440 e. The summed E-state index contributed by atoms with van der Waals surface area (Å²) in [5.41, 5.74) is 1.24. The Balaban J connectivity index is 1.56. The maximum atomic E-state index is 15.0. The minimum absolute atomic E-state index is 0.0720. The summed E-state index contributed by atoms with van der Waals surface area (Å²) in [5, 5.41) is 1.11. The third-order valence-electron chi connectivity index (χ3n) is 5.52. The summed E-state index contributed by atoms with van der Waals surface area (Å²) in [7, 11) is 0. The highest BCUT2D eigenvalue weighted by Gasteiger charge is 2.46. The zero-order chi connectivity index (χ0) is 22.3. The Bertz CT molecular complexity index is 1120. The van der Waals surface area contributed by atoms with E-state index in [4.69, 9.17) is 37.4 Å². The molecule has 0 saturated carbocycles. The quantitative estimate of drug-likeness (QED) is 0.519. The average molecular weight is 474 g/mol. The molecule has 0 spiro atoms. The van der Waals surface area contributed by atoms with Gasteiger partial charge in [-0.25, -0.2) is 4.39 Å². The lowest BCUT2D eigenvalue weighted by Gasteiger charge is -2.28. The fourth-order valence-corrected chi connectivity index (χ4v) is 4.12. The molecule has 8 heteroatoms. The number of rotatable bonds is 3. The van der Waals surface area contributed by atoms with Gasteiger partial charge >= 0.3 is 5.79 Å². The third-order valence-corrected chi connectivity index (χ3v) is 6.02. The first-order valence-electron chi connectivity index (χ1n) is 10.1. The van der Waals surface area contributed by atoms with Crippen molar-refractivity contribution < 1.29 is 23.4 Å². The molecule has 32 heavy (non-hydrogen) atoms. The summed E-state index contributed by atoms with van der Waals surface area (Å²) in [6.45, 7) is 1.67. The van der Waals surface area contributed by atoms with Crippen LogP contribution >= 0.6 is 23.2 Å². The zero-order valence-corrected chi connectivity index (χ0v) is 18.3. The maximum Gasteiger partial charge on any atom is 0.305 e. The Kier molecular flexibility index (Phi) is 5.45. The molecule has 3 aromatic rings. The standard InChI is InChI=1S/C24H18Cl2FNO4/c25-17-5-1-15(2-6-17)24(16-3-7-18(26)8-4-16)31-21-13-19(20(27)14-22(21)32-24)23(29)28-9-11-30-12-10-28/h1-8,13-14H,9-12H2. The lowest BCUT2D eigenvalue weighted by molar-refractivity contribution is -0.0459. The number of carbonyl (C=O) groups is 1. The molecule has 1 amide bonds. The second-order valence-corrected chi connectivity index (χ2v) is 8.39. The summed E-state index contributed by atoms with van der Waals surface area (Å²) in [5.74, 6) is -2.00. The van der Waals surface area contributed by atoms with Crippen molar-refractivity contribution in [2.75, 3.05) is 26.3 Å². The van der Waals surface area contributed by atoms with E-state index in [1.54, 1.807) is 53.4 Å². The lowest BCUT2D eigenvalue weighted by Crippen LogP contribution is -2.41. The van der Waals surface area contributed by atoms with Crippen LogP contribution in [0.4, 0.5) is 4.39 Å². The van der Waals surface area contributed by atoms with E-state index in [2.05, 4.69) is 0 Å². The van der Waals surface area contributed by atoms with E-state index in [0.717, 1.165) is 0 Å². The number of morpholine rings is 1. The lowest BCUT2D eigenvalue weighted by atomic mass is 9.97. The molecule has 1 saturated heterocycles. The molecule has 5 rings (SSSR count). The van der Waals surface area contributed by atoms with Crippen LogP contribution in [-0.2, 0) is 10.5 Å². The van der Waals surface area contributed by atoms with Crippen LogP contribution in [0, 0.1) is 5.82 Å². The molecule has 0 aliphatic carbocycles. The van der Waals surface area contributed by atoms with Crippen molar-refractivity contribution in [3.63, 3.8) is 0 Å². The van der Waals surface area contributed by atoms with Crippen LogP contribution in [0.25, 0.3) is 0 Å². The number of halogens is 3. The van der Waals surface area contributed by atoms with Crippen molar-refractivity contribution in [2.45, 2.75) is 5.79 Å². The maximum absolute atomic E-state index is 15.0. The van der Waals surface area contributed by atoms with E-state index in [1.807, 2.05) is 0 Å². The van der Waals surface area contributed by atoms with E-state index in [0.29, 0.717) is 47.5 Å². The molecule has 0 radical (unpaired) electrons. The molecule has 0 bridgehead atoms. The van der Waals surface area contributed by atoms with Crippen LogP contribution in [-0.4, -0.2) is 37.1 Å². The predicted octanol–water partition coefficient (Wildman–Crippen LogP) is 5.28. The second-order valence-electron chi connectivity index (χ2n) is 7.52. The Labute approximate surface area is 194 Å². The third kappa shape index (κ3) is 3.68. The number of amides is 1. The van der Waals surface area contributed by atoms with Gasteiger partial charge in [0.05, 0.1) is 18.8 Å². The average Bonchev–Trinajstić information content (AvgIpc) is 3.19. The molecule has 2 aliphatic heterocycles. The Morgan fingerprint density at radius 1 is 0.844 bits per heavy atom. The van der Waals surface area contributed by atoms with Crippen LogP contribution in [0.1, 0.15) is 21.5 Å². The first-order valence-corrected chi connectivity index (χ1v) is 10.8. The number of carbonyl (C=O) groups excluding carboxylic acids is 1. The molecular weight excluding hydrogens is 456 g/mol. The number of nitrogens with zero attached hydrogens (tertiary/aromatic N) is 1. The highest BCUT2D eigenvalue weighted by molar-refractivity contribution is 6.30. The smallest absolute Gasteiger partial charge is 0.305 e. The van der Waals surface area contributed by atoms with Gasteiger partial charge < -0.3 is 19.1 Å². The first kappa shape index (κ1) is 21.1. The van der Waals surface area contributed by atoms with E-state index >= 15 is 0 Å². The number of hydrogen-bond acceptors (Lipinski definition) is 4. The molecule has 164 valence electrons. The monoisotopic (exact) mass is 473 g/mol. The first-order chi connectivity index (χ1) is 15.5. The molecule has 5 nitrogen and oxygen atoms in total. The van der Waals surface area contributed by atoms with Gasteiger partial charge in [0, 0.05) is 40.3 Å². The van der Waals surface area contributed by atoms with Gasteiger partial charge in [0.15, 0.2) is 11.5 Å². The topological polar surface area (TPSA) is 48.0 Å². The Hall–Kier alpha value is -2.80. The second kappa shape index (κ2) is 8.28. The van der Waals surface area contributed by atoms with Gasteiger partial charge in [0.1, 0.15) is 5.82 Å². The van der Waals surface area contributed by atoms with E-state index in [-0.39, 0.29) is 17.1 Å². The number of fused-ring (bicyclic) bond motifs is 1. The highest BCUT2D eigenvalue weighted by Crippen LogP contribution is 2.48. The normalized spacial score (nSPS) is 16.8. The highest BCUT2D eigenvalue weighted by atomic mass is 35.5. The van der Waals surface area contributed by atoms with Crippen LogP contribution < -0.4 is 9.47 Å². The van der Waals surface area contributed by atoms with E-state index < -0.39 is 17.5 Å². The van der Waals surface area contributed by atoms with Crippen LogP contribution in [0.2, 0.25) is 10.0 Å². The molecule has 2 heterocycles. The van der Waals surface area contributed by atoms with Crippen molar-refractivity contribution in [3.8, 4) is 11.5 Å². The summed E-state index contributed by atoms with van der Waals surface area (Å²) >= 11 is 12.1. The van der Waals surface area contributed by atoms with E-state index in [9.17, 15) is 9.18 Å². The van der Waals surface area contributed by atoms with Crippen LogP contribution in [0.15, 0.2) is 60.7 Å². The van der Waals surface area contributed by atoms with Crippen molar-refractivity contribution in [1.29, 1.82) is 0 Å². The van der Waals surface area contributed by atoms with Gasteiger partial charge in [0.2, 0.25) is 0 Å². The minimum atomic E-state index is -1.38. The van der Waals surface area contributed by atoms with Gasteiger partial charge in [-0.3, -0.25) is 4.79 Å². The fraction of sp³-hybridized carbons (Fsp3) is 0.208. The van der Waals surface area contributed by atoms with Crippen molar-refractivity contribution in [2.24, 2.45) is 0 Å². The zero-order valence-electron chi connectivity index (χ0n) is 16.8. The number of hydrogen-bond donors (Lipinski definition) is 0. The molecule has 3 aromatic carbocycles. The van der Waals surface area contributed by atoms with Crippen molar-refractivity contribution >= 4 is 29.1 Å². The van der Waals surface area contributed by atoms with Gasteiger partial charge in [-0.2, -0.15) is 0 Å². The molecular formula is C24H18Cl2FNO4. The van der Waals surface area contributed by atoms with Gasteiger partial charge in [-0.15, -0.1) is 0 Å². The fourth-order valence-electron chi connectivity index (χ4n) is 3.87. The molecule has 0 atom stereocenters. The van der Waals surface area contributed by atoms with Crippen LogP contribution in [0.3, 0.4) is 0 Å². The van der Waals surface area contributed by atoms with Gasteiger partial charge in [-0.05, 0) is 54.6 Å². The van der Waals surface area contributed by atoms with Gasteiger partial charge in [0.25, 0.3) is 5.91 Å². The molecule has 2 aliphatic rings. The van der Waals surface area contributed by atoms with Gasteiger partial charge in [-0.1, -0.05) is 23.2 Å². The van der Waals surface area contributed by atoms with Crippen LogP contribution in [0.5, 0.6) is 11.5 Å². The molecule has 0 N–H and O–H groups in total. The minimum Gasteiger partial charge on any atom is -0.440 e. The summed E-state index contributed by atoms with van der Waals surface area (Å²) < 4.78 is 32.8. The Morgan fingerprint density at radius 3 is 1.88 bits per heavy atom. The molecule has 0 aromatic heterocycles. The molecule has 1 fully saturated rings. The predicted molar refractivity (Wildman–Crippen MR) is 118 cm³/mol. The van der Waals surface area contributed by atoms with Crippen molar-refractivity contribution in [1.82, 2.24) is 4.90 Å². The van der Waals surface area contributed by atoms with E-state index in [1.165, 1.54) is 12.1 Å².